The van der Waals surface area contributed by atoms with Crippen LogP contribution in [0.4, 0.5) is 5.69 Å². The largest absolute Gasteiger partial charge is 0.330 e. The molecule has 1 aromatic heterocycles. The van der Waals surface area contributed by atoms with Gasteiger partial charge in [0, 0.05) is 5.56 Å². The molecule has 5 heteroatoms. The van der Waals surface area contributed by atoms with Crippen molar-refractivity contribution in [2.75, 3.05) is 11.9 Å². The molecule has 2 rings (SSSR count). The van der Waals surface area contributed by atoms with Crippen LogP contribution in [0.1, 0.15) is 21.6 Å². The van der Waals surface area contributed by atoms with Crippen LogP contribution in [0, 0.1) is 6.92 Å². The number of nitrogens with one attached hydrogen (secondary N) is 1. The first kappa shape index (κ1) is 14.5. The van der Waals surface area contributed by atoms with Gasteiger partial charge in [-0.05, 0) is 43.7 Å². The van der Waals surface area contributed by atoms with E-state index in [9.17, 15) is 4.79 Å². The third-order valence-corrected chi connectivity index (χ3v) is 3.19. The summed E-state index contributed by atoms with van der Waals surface area (Å²) in [6.45, 7) is 2.30. The summed E-state index contributed by atoms with van der Waals surface area (Å²) >= 11 is 5.80. The first-order chi connectivity index (χ1) is 9.61. The number of anilines is 1. The molecule has 0 radical (unpaired) electrons. The van der Waals surface area contributed by atoms with E-state index in [1.165, 1.54) is 0 Å². The second-order valence-electron chi connectivity index (χ2n) is 4.42. The van der Waals surface area contributed by atoms with Crippen LogP contribution in [0.15, 0.2) is 36.4 Å². The summed E-state index contributed by atoms with van der Waals surface area (Å²) < 4.78 is 0. The van der Waals surface area contributed by atoms with Crippen molar-refractivity contribution in [3.63, 3.8) is 0 Å². The smallest absolute Gasteiger partial charge is 0.255 e. The molecule has 0 aliphatic carbocycles. The second-order valence-corrected chi connectivity index (χ2v) is 4.80. The monoisotopic (exact) mass is 289 g/mol. The summed E-state index contributed by atoms with van der Waals surface area (Å²) in [5, 5.41) is 3.26. The van der Waals surface area contributed by atoms with Crippen molar-refractivity contribution in [2.24, 2.45) is 5.73 Å². The van der Waals surface area contributed by atoms with Gasteiger partial charge < -0.3 is 11.1 Å². The number of rotatable bonds is 4. The maximum Gasteiger partial charge on any atom is 0.255 e. The molecule has 1 heterocycles. The average Bonchev–Trinajstić information content (AvgIpc) is 2.43. The summed E-state index contributed by atoms with van der Waals surface area (Å²) in [6.07, 6.45) is 0.668. The average molecular weight is 290 g/mol. The standard InChI is InChI=1S/C15H16ClN3O/c1-10-13(6-7-14(16)18-10)19-15(20)12-5-3-2-4-11(12)8-9-17/h2-7H,8-9,17H2,1H3,(H,19,20). The van der Waals surface area contributed by atoms with Crippen LogP contribution in [0.2, 0.25) is 5.15 Å². The number of aryl methyl sites for hydroxylation is 1. The van der Waals surface area contributed by atoms with E-state index in [0.717, 1.165) is 5.56 Å². The highest BCUT2D eigenvalue weighted by Gasteiger charge is 2.12. The van der Waals surface area contributed by atoms with Crippen LogP contribution in [0.25, 0.3) is 0 Å². The van der Waals surface area contributed by atoms with Gasteiger partial charge in [0.25, 0.3) is 5.91 Å². The molecule has 0 spiro atoms. The molecule has 0 aliphatic rings. The van der Waals surface area contributed by atoms with Gasteiger partial charge in [-0.3, -0.25) is 4.79 Å². The molecule has 0 bridgehead atoms. The fourth-order valence-electron chi connectivity index (χ4n) is 1.97. The number of hydrogen-bond acceptors (Lipinski definition) is 3. The van der Waals surface area contributed by atoms with E-state index >= 15 is 0 Å². The zero-order valence-corrected chi connectivity index (χ0v) is 11.9. The molecular weight excluding hydrogens is 274 g/mol. The van der Waals surface area contributed by atoms with Gasteiger partial charge >= 0.3 is 0 Å². The van der Waals surface area contributed by atoms with Gasteiger partial charge in [0.2, 0.25) is 0 Å². The van der Waals surface area contributed by atoms with E-state index in [4.69, 9.17) is 17.3 Å². The molecule has 0 atom stereocenters. The van der Waals surface area contributed by atoms with E-state index < -0.39 is 0 Å². The second kappa shape index (κ2) is 6.50. The summed E-state index contributed by atoms with van der Waals surface area (Å²) in [7, 11) is 0. The zero-order valence-electron chi connectivity index (χ0n) is 11.2. The van der Waals surface area contributed by atoms with Crippen LogP contribution >= 0.6 is 11.6 Å². The normalized spacial score (nSPS) is 10.3. The predicted molar refractivity (Wildman–Crippen MR) is 81.1 cm³/mol. The Morgan fingerprint density at radius 3 is 2.75 bits per heavy atom. The third kappa shape index (κ3) is 3.35. The summed E-state index contributed by atoms with van der Waals surface area (Å²) in [4.78, 5) is 16.4. The van der Waals surface area contributed by atoms with Crippen molar-refractivity contribution in [1.82, 2.24) is 4.98 Å². The van der Waals surface area contributed by atoms with E-state index in [1.54, 1.807) is 25.1 Å². The number of amides is 1. The highest BCUT2D eigenvalue weighted by atomic mass is 35.5. The van der Waals surface area contributed by atoms with Crippen LogP contribution in [0.5, 0.6) is 0 Å². The molecule has 0 fully saturated rings. The molecule has 0 unspecified atom stereocenters. The van der Waals surface area contributed by atoms with Crippen molar-refractivity contribution >= 4 is 23.2 Å². The summed E-state index contributed by atoms with van der Waals surface area (Å²) in [5.74, 6) is -0.165. The molecule has 2 aromatic rings. The lowest BCUT2D eigenvalue weighted by Gasteiger charge is -2.11. The van der Waals surface area contributed by atoms with Crippen molar-refractivity contribution in [3.8, 4) is 0 Å². The lowest BCUT2D eigenvalue weighted by atomic mass is 10.0. The van der Waals surface area contributed by atoms with E-state index in [1.807, 2.05) is 18.2 Å². The molecule has 3 N–H and O–H groups in total. The summed E-state index contributed by atoms with van der Waals surface area (Å²) in [5.41, 5.74) is 8.47. The van der Waals surface area contributed by atoms with Gasteiger partial charge in [0.1, 0.15) is 5.15 Å². The SMILES string of the molecule is Cc1nc(Cl)ccc1NC(=O)c1ccccc1CCN. The Labute approximate surface area is 123 Å². The number of benzene rings is 1. The number of hydrogen-bond donors (Lipinski definition) is 2. The maximum atomic E-state index is 12.3. The predicted octanol–water partition coefficient (Wildman–Crippen LogP) is 2.80. The Morgan fingerprint density at radius 2 is 2.05 bits per heavy atom. The molecule has 1 aromatic carbocycles. The van der Waals surface area contributed by atoms with E-state index in [-0.39, 0.29) is 5.91 Å². The Kier molecular flexibility index (Phi) is 4.71. The van der Waals surface area contributed by atoms with Crippen molar-refractivity contribution in [2.45, 2.75) is 13.3 Å². The van der Waals surface area contributed by atoms with Crippen LogP contribution < -0.4 is 11.1 Å². The topological polar surface area (TPSA) is 68.0 Å². The Hall–Kier alpha value is -1.91. The molecule has 0 aliphatic heterocycles. The molecule has 20 heavy (non-hydrogen) atoms. The van der Waals surface area contributed by atoms with Gasteiger partial charge in [-0.25, -0.2) is 4.98 Å². The molecule has 1 amide bonds. The number of nitrogens with zero attached hydrogens (tertiary/aromatic N) is 1. The van der Waals surface area contributed by atoms with Gasteiger partial charge in [0.15, 0.2) is 0 Å². The summed E-state index contributed by atoms with van der Waals surface area (Å²) in [6, 6.07) is 10.8. The molecule has 0 saturated heterocycles. The number of aromatic nitrogens is 1. The quantitative estimate of drug-likeness (QED) is 0.851. The van der Waals surface area contributed by atoms with E-state index in [2.05, 4.69) is 10.3 Å². The minimum Gasteiger partial charge on any atom is -0.330 e. The highest BCUT2D eigenvalue weighted by molar-refractivity contribution is 6.29. The highest BCUT2D eigenvalue weighted by Crippen LogP contribution is 2.18. The maximum absolute atomic E-state index is 12.3. The fraction of sp³-hybridized carbons (Fsp3) is 0.200. The Balaban J connectivity index is 2.24. The number of carbonyl (C=O) groups is 1. The first-order valence-electron chi connectivity index (χ1n) is 6.34. The fourth-order valence-corrected chi connectivity index (χ4v) is 2.16. The molecule has 4 nitrogen and oxygen atoms in total. The van der Waals surface area contributed by atoms with Gasteiger partial charge in [-0.15, -0.1) is 0 Å². The lowest BCUT2D eigenvalue weighted by molar-refractivity contribution is 0.102. The first-order valence-corrected chi connectivity index (χ1v) is 6.72. The molecule has 104 valence electrons. The van der Waals surface area contributed by atoms with Crippen LogP contribution in [-0.4, -0.2) is 17.4 Å². The van der Waals surface area contributed by atoms with Crippen molar-refractivity contribution < 1.29 is 4.79 Å². The Morgan fingerprint density at radius 1 is 1.30 bits per heavy atom. The number of carbonyl (C=O) groups excluding carboxylic acids is 1. The van der Waals surface area contributed by atoms with Crippen molar-refractivity contribution in [3.05, 3.63) is 58.4 Å². The zero-order chi connectivity index (χ0) is 14.5. The minimum atomic E-state index is -0.165. The lowest BCUT2D eigenvalue weighted by Crippen LogP contribution is -2.16. The van der Waals surface area contributed by atoms with Crippen LogP contribution in [-0.2, 0) is 6.42 Å². The minimum absolute atomic E-state index is 0.165. The van der Waals surface area contributed by atoms with Gasteiger partial charge in [0.05, 0.1) is 11.4 Å². The molecule has 0 saturated carbocycles. The van der Waals surface area contributed by atoms with Gasteiger partial charge in [-0.1, -0.05) is 29.8 Å². The third-order valence-electron chi connectivity index (χ3n) is 2.98. The molecular formula is C15H16ClN3O. The van der Waals surface area contributed by atoms with Gasteiger partial charge in [-0.2, -0.15) is 0 Å². The number of pyridine rings is 1. The van der Waals surface area contributed by atoms with E-state index in [0.29, 0.717) is 35.1 Å². The van der Waals surface area contributed by atoms with Crippen molar-refractivity contribution in [1.29, 1.82) is 0 Å². The number of halogens is 1. The Bertz CT molecular complexity index is 628. The number of nitrogens with two attached hydrogens (primary N) is 1. The van der Waals surface area contributed by atoms with Crippen LogP contribution in [0.3, 0.4) is 0 Å².